The molecule has 2 aromatic rings. The Morgan fingerprint density at radius 1 is 1.11 bits per heavy atom. The Kier molecular flexibility index (Phi) is 4.85. The molecule has 18 heavy (non-hydrogen) atoms. The zero-order valence-corrected chi connectivity index (χ0v) is 10.8. The Morgan fingerprint density at radius 3 is 2.72 bits per heavy atom. The zero-order chi connectivity index (χ0) is 12.6. The molecule has 1 N–H and O–H groups in total. The first-order chi connectivity index (χ1) is 8.88. The molecule has 1 heterocycles. The summed E-state index contributed by atoms with van der Waals surface area (Å²) in [7, 11) is 1.97. The lowest BCUT2D eigenvalue weighted by atomic mass is 10.1. The predicted molar refractivity (Wildman–Crippen MR) is 73.5 cm³/mol. The summed E-state index contributed by atoms with van der Waals surface area (Å²) in [5.41, 5.74) is 2.39. The van der Waals surface area contributed by atoms with Gasteiger partial charge in [-0.15, -0.1) is 0 Å². The molecule has 0 bridgehead atoms. The molecule has 0 aliphatic carbocycles. The van der Waals surface area contributed by atoms with E-state index in [4.69, 9.17) is 0 Å². The fraction of sp³-hybridized carbons (Fsp3) is 0.333. The highest BCUT2D eigenvalue weighted by molar-refractivity contribution is 5.19. The van der Waals surface area contributed by atoms with E-state index in [1.165, 1.54) is 5.56 Å². The Morgan fingerprint density at radius 2 is 1.94 bits per heavy atom. The fourth-order valence-corrected chi connectivity index (χ4v) is 1.89. The molecule has 0 atom stereocenters. The minimum absolute atomic E-state index is 0.806. The van der Waals surface area contributed by atoms with E-state index in [1.807, 2.05) is 37.5 Å². The maximum atomic E-state index is 4.60. The number of nitrogens with zero attached hydrogens (tertiary/aromatic N) is 2. The second-order valence-corrected chi connectivity index (χ2v) is 4.33. The van der Waals surface area contributed by atoms with Crippen LogP contribution in [0, 0.1) is 0 Å². The summed E-state index contributed by atoms with van der Waals surface area (Å²) >= 11 is 0. The summed E-state index contributed by atoms with van der Waals surface area (Å²) < 4.78 is 0. The monoisotopic (exact) mass is 241 g/mol. The maximum Gasteiger partial charge on any atom is 0.132 e. The van der Waals surface area contributed by atoms with Gasteiger partial charge < -0.3 is 5.32 Å². The van der Waals surface area contributed by atoms with Crippen LogP contribution in [0.25, 0.3) is 0 Å². The quantitative estimate of drug-likeness (QED) is 0.788. The maximum absolute atomic E-state index is 4.60. The molecule has 0 spiro atoms. The summed E-state index contributed by atoms with van der Waals surface area (Å²) in [4.78, 5) is 8.94. The first kappa shape index (κ1) is 12.7. The topological polar surface area (TPSA) is 37.8 Å². The van der Waals surface area contributed by atoms with Crippen molar-refractivity contribution in [2.75, 3.05) is 13.6 Å². The van der Waals surface area contributed by atoms with Crippen molar-refractivity contribution in [1.82, 2.24) is 15.3 Å². The lowest BCUT2D eigenvalue weighted by Gasteiger charge is -2.04. The molecule has 3 heteroatoms. The molecule has 1 aromatic carbocycles. The average Bonchev–Trinajstić information content (AvgIpc) is 2.41. The molecule has 0 fully saturated rings. The van der Waals surface area contributed by atoms with E-state index in [9.17, 15) is 0 Å². The van der Waals surface area contributed by atoms with Crippen LogP contribution >= 0.6 is 0 Å². The highest BCUT2D eigenvalue weighted by Crippen LogP contribution is 2.06. The highest BCUT2D eigenvalue weighted by atomic mass is 14.9. The molecule has 1 aromatic heterocycles. The highest BCUT2D eigenvalue weighted by Gasteiger charge is 2.01. The van der Waals surface area contributed by atoms with Gasteiger partial charge in [-0.1, -0.05) is 30.3 Å². The molecular weight excluding hydrogens is 222 g/mol. The third-order valence-corrected chi connectivity index (χ3v) is 2.83. The Labute approximate surface area is 108 Å². The number of benzene rings is 1. The van der Waals surface area contributed by atoms with Crippen LogP contribution in [-0.4, -0.2) is 23.6 Å². The number of aromatic nitrogens is 2. The second-order valence-electron chi connectivity index (χ2n) is 4.33. The third-order valence-electron chi connectivity index (χ3n) is 2.83. The van der Waals surface area contributed by atoms with Crippen molar-refractivity contribution in [3.63, 3.8) is 0 Å². The first-order valence-electron chi connectivity index (χ1n) is 6.38. The number of aryl methyl sites for hydroxylation is 1. The molecule has 0 saturated carbocycles. The van der Waals surface area contributed by atoms with Crippen LogP contribution in [0.3, 0.4) is 0 Å². The van der Waals surface area contributed by atoms with Crippen LogP contribution in [0.15, 0.2) is 42.6 Å². The Balaban J connectivity index is 1.99. The molecule has 94 valence electrons. The lowest BCUT2D eigenvalue weighted by Crippen LogP contribution is -2.09. The molecule has 0 aliphatic heterocycles. The van der Waals surface area contributed by atoms with Gasteiger partial charge in [-0.05, 0) is 38.1 Å². The van der Waals surface area contributed by atoms with Gasteiger partial charge in [-0.2, -0.15) is 0 Å². The summed E-state index contributed by atoms with van der Waals surface area (Å²) in [5.74, 6) is 0.906. The van der Waals surface area contributed by atoms with Crippen LogP contribution in [-0.2, 0) is 12.8 Å². The van der Waals surface area contributed by atoms with Crippen molar-refractivity contribution in [2.45, 2.75) is 19.3 Å². The van der Waals surface area contributed by atoms with Crippen LogP contribution in [0.2, 0.25) is 0 Å². The van der Waals surface area contributed by atoms with Crippen LogP contribution in [0.1, 0.15) is 23.5 Å². The number of hydrogen-bond acceptors (Lipinski definition) is 3. The van der Waals surface area contributed by atoms with Gasteiger partial charge in [0, 0.05) is 18.3 Å². The lowest BCUT2D eigenvalue weighted by molar-refractivity contribution is 0.710. The van der Waals surface area contributed by atoms with E-state index in [2.05, 4.69) is 27.4 Å². The number of rotatable bonds is 6. The standard InChI is InChI=1S/C15H19N3/c1-16-10-5-8-14-9-11-17-15(18-14)12-13-6-3-2-4-7-13/h2-4,6-7,9,11,16H,5,8,10,12H2,1H3. The van der Waals surface area contributed by atoms with Crippen LogP contribution in [0.4, 0.5) is 0 Å². The van der Waals surface area contributed by atoms with Crippen molar-refractivity contribution in [3.05, 3.63) is 59.7 Å². The van der Waals surface area contributed by atoms with E-state index >= 15 is 0 Å². The third kappa shape index (κ3) is 3.93. The van der Waals surface area contributed by atoms with E-state index in [1.54, 1.807) is 0 Å². The van der Waals surface area contributed by atoms with Gasteiger partial charge >= 0.3 is 0 Å². The normalized spacial score (nSPS) is 10.5. The largest absolute Gasteiger partial charge is 0.320 e. The zero-order valence-electron chi connectivity index (χ0n) is 10.8. The van der Waals surface area contributed by atoms with E-state index < -0.39 is 0 Å². The van der Waals surface area contributed by atoms with Gasteiger partial charge in [-0.3, -0.25) is 0 Å². The van der Waals surface area contributed by atoms with Gasteiger partial charge in [0.2, 0.25) is 0 Å². The molecule has 0 aliphatic rings. The summed E-state index contributed by atoms with van der Waals surface area (Å²) in [6, 6.07) is 12.3. The van der Waals surface area contributed by atoms with Crippen molar-refractivity contribution in [3.8, 4) is 0 Å². The predicted octanol–water partition coefficient (Wildman–Crippen LogP) is 2.22. The molecule has 0 unspecified atom stereocenters. The van der Waals surface area contributed by atoms with E-state index in [0.717, 1.165) is 37.3 Å². The van der Waals surface area contributed by atoms with Gasteiger partial charge in [0.1, 0.15) is 5.82 Å². The SMILES string of the molecule is CNCCCc1ccnc(Cc2ccccc2)n1. The van der Waals surface area contributed by atoms with Crippen molar-refractivity contribution in [2.24, 2.45) is 0 Å². The van der Waals surface area contributed by atoms with Crippen molar-refractivity contribution < 1.29 is 0 Å². The van der Waals surface area contributed by atoms with E-state index in [0.29, 0.717) is 0 Å². The minimum atomic E-state index is 0.806. The van der Waals surface area contributed by atoms with Gasteiger partial charge in [-0.25, -0.2) is 9.97 Å². The number of nitrogens with one attached hydrogen (secondary N) is 1. The van der Waals surface area contributed by atoms with Crippen LogP contribution in [0.5, 0.6) is 0 Å². The summed E-state index contributed by atoms with van der Waals surface area (Å²) in [5, 5.41) is 3.15. The van der Waals surface area contributed by atoms with Gasteiger partial charge in [0.15, 0.2) is 0 Å². The Bertz CT molecular complexity index is 468. The first-order valence-corrected chi connectivity index (χ1v) is 6.38. The van der Waals surface area contributed by atoms with Gasteiger partial charge in [0.25, 0.3) is 0 Å². The molecule has 0 amide bonds. The summed E-state index contributed by atoms with van der Waals surface area (Å²) in [6.45, 7) is 1.03. The molecule has 0 radical (unpaired) electrons. The van der Waals surface area contributed by atoms with Crippen LogP contribution < -0.4 is 5.32 Å². The minimum Gasteiger partial charge on any atom is -0.320 e. The molecular formula is C15H19N3. The fourth-order valence-electron chi connectivity index (χ4n) is 1.89. The van der Waals surface area contributed by atoms with E-state index in [-0.39, 0.29) is 0 Å². The molecule has 0 saturated heterocycles. The molecule has 3 nitrogen and oxygen atoms in total. The smallest absolute Gasteiger partial charge is 0.132 e. The second kappa shape index (κ2) is 6.87. The van der Waals surface area contributed by atoms with Gasteiger partial charge in [0.05, 0.1) is 0 Å². The number of hydrogen-bond donors (Lipinski definition) is 1. The van der Waals surface area contributed by atoms with Crippen molar-refractivity contribution in [1.29, 1.82) is 0 Å². The molecule has 2 rings (SSSR count). The average molecular weight is 241 g/mol. The summed E-state index contributed by atoms with van der Waals surface area (Å²) in [6.07, 6.45) is 4.78. The Hall–Kier alpha value is -1.74. The van der Waals surface area contributed by atoms with Crippen molar-refractivity contribution >= 4 is 0 Å².